The first kappa shape index (κ1) is 13.0. The lowest BCUT2D eigenvalue weighted by Gasteiger charge is -2.06. The molecule has 0 aliphatic heterocycles. The number of para-hydroxylation sites is 1. The number of nitrogens with zero attached hydrogens (tertiary/aromatic N) is 1. The summed E-state index contributed by atoms with van der Waals surface area (Å²) in [5.74, 6) is -0.896. The molecule has 2 rings (SSSR count). The van der Waals surface area contributed by atoms with Gasteiger partial charge in [-0.2, -0.15) is 0 Å². The summed E-state index contributed by atoms with van der Waals surface area (Å²) in [4.78, 5) is 22.0. The predicted octanol–water partition coefficient (Wildman–Crippen LogP) is 3.03. The molecule has 98 valence electrons. The number of benzene rings is 1. The molecule has 0 fully saturated rings. The van der Waals surface area contributed by atoms with Crippen molar-refractivity contribution in [2.45, 2.75) is 0 Å². The van der Waals surface area contributed by atoms with Gasteiger partial charge in [0.1, 0.15) is 4.88 Å². The van der Waals surface area contributed by atoms with Gasteiger partial charge in [0.05, 0.1) is 12.0 Å². The lowest BCUT2D eigenvalue weighted by molar-refractivity contribution is -0.385. The number of rotatable bonds is 4. The Morgan fingerprint density at radius 1 is 1.37 bits per heavy atom. The highest BCUT2D eigenvalue weighted by Crippen LogP contribution is 2.40. The fraction of sp³-hybridized carbons (Fsp3) is 0.0833. The normalized spacial score (nSPS) is 10.2. The van der Waals surface area contributed by atoms with Crippen LogP contribution in [0.2, 0.25) is 0 Å². The number of ether oxygens (including phenoxy) is 1. The van der Waals surface area contributed by atoms with E-state index in [-0.39, 0.29) is 16.3 Å². The van der Waals surface area contributed by atoms with Crippen molar-refractivity contribution < 1.29 is 19.6 Å². The number of carbonyl (C=O) groups is 1. The highest BCUT2D eigenvalue weighted by atomic mass is 32.1. The Morgan fingerprint density at radius 3 is 2.63 bits per heavy atom. The minimum Gasteiger partial charge on any atom is -0.490 e. The van der Waals surface area contributed by atoms with E-state index in [9.17, 15) is 14.9 Å². The summed E-state index contributed by atoms with van der Waals surface area (Å²) in [6.07, 6.45) is 0. The van der Waals surface area contributed by atoms with Gasteiger partial charge in [0.15, 0.2) is 0 Å². The molecule has 0 atom stereocenters. The van der Waals surface area contributed by atoms with E-state index in [1.165, 1.54) is 25.3 Å². The zero-order valence-electron chi connectivity index (χ0n) is 9.82. The average Bonchev–Trinajstić information content (AvgIpc) is 2.87. The van der Waals surface area contributed by atoms with Gasteiger partial charge in [0.25, 0.3) is 0 Å². The van der Waals surface area contributed by atoms with Gasteiger partial charge < -0.3 is 9.84 Å². The Morgan fingerprint density at radius 2 is 2.11 bits per heavy atom. The van der Waals surface area contributed by atoms with Crippen LogP contribution in [0.3, 0.4) is 0 Å². The molecule has 0 aliphatic rings. The summed E-state index contributed by atoms with van der Waals surface area (Å²) in [5, 5.41) is 19.8. The van der Waals surface area contributed by atoms with Crippen molar-refractivity contribution in [2.24, 2.45) is 0 Å². The summed E-state index contributed by atoms with van der Waals surface area (Å²) in [6, 6.07) is 7.60. The first-order valence-corrected chi connectivity index (χ1v) is 6.01. The van der Waals surface area contributed by atoms with Gasteiger partial charge in [-0.3, -0.25) is 10.1 Å². The Kier molecular flexibility index (Phi) is 3.48. The SMILES string of the molecule is COc1c(-c2ccc(C(=O)O)s2)cccc1[N+](=O)[O-]. The summed E-state index contributed by atoms with van der Waals surface area (Å²) < 4.78 is 5.08. The number of nitro benzene ring substituents is 1. The van der Waals surface area contributed by atoms with E-state index >= 15 is 0 Å². The first-order chi connectivity index (χ1) is 9.04. The summed E-state index contributed by atoms with van der Waals surface area (Å²) in [5.41, 5.74) is 0.361. The molecular weight excluding hydrogens is 270 g/mol. The molecule has 0 radical (unpaired) electrons. The van der Waals surface area contributed by atoms with Crippen molar-refractivity contribution in [3.8, 4) is 16.2 Å². The molecule has 1 aromatic heterocycles. The van der Waals surface area contributed by atoms with E-state index in [2.05, 4.69) is 0 Å². The molecule has 1 heterocycles. The molecule has 1 N–H and O–H groups in total. The zero-order chi connectivity index (χ0) is 14.0. The highest BCUT2D eigenvalue weighted by Gasteiger charge is 2.20. The van der Waals surface area contributed by atoms with Crippen LogP contribution >= 0.6 is 11.3 Å². The van der Waals surface area contributed by atoms with Gasteiger partial charge in [-0.05, 0) is 18.2 Å². The minimum absolute atomic E-state index is 0.131. The van der Waals surface area contributed by atoms with E-state index in [1.54, 1.807) is 12.1 Å². The van der Waals surface area contributed by atoms with Crippen LogP contribution < -0.4 is 4.74 Å². The molecule has 0 bridgehead atoms. The molecule has 2 aromatic rings. The highest BCUT2D eigenvalue weighted by molar-refractivity contribution is 7.17. The van der Waals surface area contributed by atoms with Crippen molar-refractivity contribution in [3.05, 3.63) is 45.3 Å². The van der Waals surface area contributed by atoms with Crippen LogP contribution in [-0.4, -0.2) is 23.1 Å². The maximum Gasteiger partial charge on any atom is 0.345 e. The molecule has 0 saturated heterocycles. The Bertz CT molecular complexity index is 649. The maximum atomic E-state index is 10.9. The molecule has 19 heavy (non-hydrogen) atoms. The largest absolute Gasteiger partial charge is 0.490 e. The third-order valence-corrected chi connectivity index (χ3v) is 3.58. The second kappa shape index (κ2) is 5.07. The van der Waals surface area contributed by atoms with E-state index in [4.69, 9.17) is 9.84 Å². The topological polar surface area (TPSA) is 89.7 Å². The van der Waals surface area contributed by atoms with Crippen LogP contribution in [-0.2, 0) is 0 Å². The van der Waals surface area contributed by atoms with Crippen molar-refractivity contribution in [1.82, 2.24) is 0 Å². The number of hydrogen-bond donors (Lipinski definition) is 1. The van der Waals surface area contributed by atoms with E-state index in [1.807, 2.05) is 0 Å². The van der Waals surface area contributed by atoms with Gasteiger partial charge >= 0.3 is 11.7 Å². The average molecular weight is 279 g/mol. The quantitative estimate of drug-likeness (QED) is 0.686. The third kappa shape index (κ3) is 2.41. The van der Waals surface area contributed by atoms with Crippen molar-refractivity contribution in [2.75, 3.05) is 7.11 Å². The van der Waals surface area contributed by atoms with Gasteiger partial charge in [0.2, 0.25) is 5.75 Å². The molecule has 0 saturated carbocycles. The van der Waals surface area contributed by atoms with Crippen LogP contribution in [0, 0.1) is 10.1 Å². The molecule has 6 nitrogen and oxygen atoms in total. The molecular formula is C12H9NO5S. The van der Waals surface area contributed by atoms with Crippen molar-refractivity contribution in [1.29, 1.82) is 0 Å². The monoisotopic (exact) mass is 279 g/mol. The zero-order valence-corrected chi connectivity index (χ0v) is 10.6. The second-order valence-electron chi connectivity index (χ2n) is 3.58. The third-order valence-electron chi connectivity index (χ3n) is 2.48. The number of hydrogen-bond acceptors (Lipinski definition) is 5. The number of aromatic carboxylic acids is 1. The number of thiophene rings is 1. The smallest absolute Gasteiger partial charge is 0.345 e. The van der Waals surface area contributed by atoms with Crippen LogP contribution in [0.25, 0.3) is 10.4 Å². The van der Waals surface area contributed by atoms with E-state index < -0.39 is 10.9 Å². The van der Waals surface area contributed by atoms with E-state index in [0.717, 1.165) is 11.3 Å². The molecule has 0 amide bonds. The van der Waals surface area contributed by atoms with Gasteiger partial charge in [-0.25, -0.2) is 4.79 Å². The Hall–Kier alpha value is -2.41. The van der Waals surface area contributed by atoms with Gasteiger partial charge in [0, 0.05) is 16.5 Å². The minimum atomic E-state index is -1.03. The molecule has 7 heteroatoms. The maximum absolute atomic E-state index is 10.9. The molecule has 0 unspecified atom stereocenters. The van der Waals surface area contributed by atoms with Crippen molar-refractivity contribution >= 4 is 23.0 Å². The Labute approximate surface area is 112 Å². The predicted molar refractivity (Wildman–Crippen MR) is 69.9 cm³/mol. The van der Waals surface area contributed by atoms with Crippen molar-refractivity contribution in [3.63, 3.8) is 0 Å². The number of nitro groups is 1. The fourth-order valence-corrected chi connectivity index (χ4v) is 2.54. The second-order valence-corrected chi connectivity index (χ2v) is 4.67. The lowest BCUT2D eigenvalue weighted by Crippen LogP contribution is -1.95. The number of carboxylic acids is 1. The molecule has 1 aromatic carbocycles. The number of carboxylic acid groups (broad SMARTS) is 1. The lowest BCUT2D eigenvalue weighted by atomic mass is 10.1. The molecule has 0 spiro atoms. The molecule has 0 aliphatic carbocycles. The standard InChI is InChI=1S/C12H9NO5S/c1-18-11-7(3-2-4-8(11)13(16)17)9-5-6-10(19-9)12(14)15/h2-6H,1H3,(H,14,15). The summed E-state index contributed by atoms with van der Waals surface area (Å²) >= 11 is 1.04. The van der Waals surface area contributed by atoms with E-state index in [0.29, 0.717) is 10.4 Å². The number of methoxy groups -OCH3 is 1. The van der Waals surface area contributed by atoms with Gasteiger partial charge in [-0.1, -0.05) is 6.07 Å². The van der Waals surface area contributed by atoms with Crippen LogP contribution in [0.1, 0.15) is 9.67 Å². The first-order valence-electron chi connectivity index (χ1n) is 5.19. The van der Waals surface area contributed by atoms with Gasteiger partial charge in [-0.15, -0.1) is 11.3 Å². The summed E-state index contributed by atoms with van der Waals surface area (Å²) in [6.45, 7) is 0. The fourth-order valence-electron chi connectivity index (χ4n) is 1.67. The van der Waals surface area contributed by atoms with Crippen LogP contribution in [0.15, 0.2) is 30.3 Å². The van der Waals surface area contributed by atoms with Crippen LogP contribution in [0.5, 0.6) is 5.75 Å². The van der Waals surface area contributed by atoms with Crippen LogP contribution in [0.4, 0.5) is 5.69 Å². The Balaban J connectivity index is 2.58. The summed E-state index contributed by atoms with van der Waals surface area (Å²) in [7, 11) is 1.34.